The van der Waals surface area contributed by atoms with Crippen LogP contribution in [0.2, 0.25) is 0 Å². The van der Waals surface area contributed by atoms with Crippen LogP contribution in [0.1, 0.15) is 34.1 Å². The van der Waals surface area contributed by atoms with Crippen molar-refractivity contribution in [1.29, 1.82) is 0 Å². The second-order valence-corrected chi connectivity index (χ2v) is 4.73. The van der Waals surface area contributed by atoms with Crippen molar-refractivity contribution < 1.29 is 4.79 Å². The number of hydrogen-bond donors (Lipinski definition) is 0. The largest absolute Gasteiger partial charge is 0.299 e. The third kappa shape index (κ3) is 7.97. The van der Waals surface area contributed by atoms with Crippen LogP contribution >= 0.6 is 0 Å². The van der Waals surface area contributed by atoms with E-state index in [9.17, 15) is 4.79 Å². The van der Waals surface area contributed by atoms with Gasteiger partial charge in [-0.1, -0.05) is 27.7 Å². The number of ketones is 1. The number of rotatable bonds is 6. The summed E-state index contributed by atoms with van der Waals surface area (Å²) in [5.74, 6) is 1.48. The molecule has 0 aliphatic carbocycles. The molecule has 0 aliphatic heterocycles. The summed E-state index contributed by atoms with van der Waals surface area (Å²) in [6, 6.07) is 0. The average Bonchev–Trinajstić information content (AvgIpc) is 1.80. The van der Waals surface area contributed by atoms with Crippen molar-refractivity contribution in [1.82, 2.24) is 4.90 Å². The number of hydrogen-bond acceptors (Lipinski definition) is 2. The van der Waals surface area contributed by atoms with Crippen LogP contribution < -0.4 is 0 Å². The normalized spacial score (nSPS) is 11.7. The van der Waals surface area contributed by atoms with Crippen molar-refractivity contribution in [2.24, 2.45) is 11.8 Å². The number of carbonyl (C=O) groups is 1. The van der Waals surface area contributed by atoms with Gasteiger partial charge in [-0.15, -0.1) is 0 Å². The minimum Gasteiger partial charge on any atom is -0.299 e. The van der Waals surface area contributed by atoms with Gasteiger partial charge >= 0.3 is 0 Å². The highest BCUT2D eigenvalue weighted by Crippen LogP contribution is 2.02. The SMILES string of the molecule is CC(C)CC(=O)CN(C)CC(C)C. The van der Waals surface area contributed by atoms with Crippen molar-refractivity contribution >= 4 is 5.78 Å². The summed E-state index contributed by atoms with van der Waals surface area (Å²) in [4.78, 5) is 13.5. The fourth-order valence-corrected chi connectivity index (χ4v) is 1.51. The first-order chi connectivity index (χ1) is 5.91. The molecule has 0 spiro atoms. The van der Waals surface area contributed by atoms with Gasteiger partial charge in [-0.3, -0.25) is 9.69 Å². The summed E-state index contributed by atoms with van der Waals surface area (Å²) in [5.41, 5.74) is 0. The average molecular weight is 185 g/mol. The van der Waals surface area contributed by atoms with E-state index in [-0.39, 0.29) is 0 Å². The fourth-order valence-electron chi connectivity index (χ4n) is 1.51. The summed E-state index contributed by atoms with van der Waals surface area (Å²) in [6.45, 7) is 10.1. The van der Waals surface area contributed by atoms with E-state index in [1.165, 1.54) is 0 Å². The molecule has 0 saturated carbocycles. The highest BCUT2D eigenvalue weighted by molar-refractivity contribution is 5.80. The first-order valence-corrected chi connectivity index (χ1v) is 5.12. The maximum Gasteiger partial charge on any atom is 0.147 e. The lowest BCUT2D eigenvalue weighted by molar-refractivity contribution is -0.120. The van der Waals surface area contributed by atoms with Crippen molar-refractivity contribution in [2.75, 3.05) is 20.1 Å². The van der Waals surface area contributed by atoms with E-state index in [1.54, 1.807) is 0 Å². The Morgan fingerprint density at radius 3 is 2.08 bits per heavy atom. The molecule has 0 bridgehead atoms. The lowest BCUT2D eigenvalue weighted by atomic mass is 10.1. The second-order valence-electron chi connectivity index (χ2n) is 4.73. The van der Waals surface area contributed by atoms with E-state index in [0.29, 0.717) is 30.6 Å². The Kier molecular flexibility index (Phi) is 5.97. The van der Waals surface area contributed by atoms with Crippen LogP contribution in [0.3, 0.4) is 0 Å². The molecule has 0 heterocycles. The standard InChI is InChI=1S/C11H23NO/c1-9(2)6-11(13)8-12(5)7-10(3)4/h9-10H,6-8H2,1-5H3. The third-order valence-corrected chi connectivity index (χ3v) is 1.76. The predicted molar refractivity (Wildman–Crippen MR) is 56.8 cm³/mol. The van der Waals surface area contributed by atoms with E-state index in [4.69, 9.17) is 0 Å². The Morgan fingerprint density at radius 1 is 1.15 bits per heavy atom. The topological polar surface area (TPSA) is 20.3 Å². The smallest absolute Gasteiger partial charge is 0.147 e. The molecule has 0 aliphatic rings. The van der Waals surface area contributed by atoms with E-state index >= 15 is 0 Å². The van der Waals surface area contributed by atoms with E-state index < -0.39 is 0 Å². The Labute approximate surface area is 82.3 Å². The van der Waals surface area contributed by atoms with Crippen molar-refractivity contribution in [3.05, 3.63) is 0 Å². The molecule has 2 heteroatoms. The minimum absolute atomic E-state index is 0.359. The molecule has 0 unspecified atom stereocenters. The highest BCUT2D eigenvalue weighted by Gasteiger charge is 2.09. The van der Waals surface area contributed by atoms with Gasteiger partial charge in [-0.25, -0.2) is 0 Å². The zero-order chi connectivity index (χ0) is 10.4. The summed E-state index contributed by atoms with van der Waals surface area (Å²) >= 11 is 0. The third-order valence-electron chi connectivity index (χ3n) is 1.76. The molecule has 0 atom stereocenters. The molecular formula is C11H23NO. The molecule has 0 aromatic carbocycles. The second kappa shape index (κ2) is 6.14. The van der Waals surface area contributed by atoms with Gasteiger partial charge in [0.2, 0.25) is 0 Å². The first kappa shape index (κ1) is 12.6. The molecule has 0 aromatic rings. The Balaban J connectivity index is 3.65. The number of nitrogens with zero attached hydrogens (tertiary/aromatic N) is 1. The molecule has 0 rings (SSSR count). The fraction of sp³-hybridized carbons (Fsp3) is 0.909. The zero-order valence-corrected chi connectivity index (χ0v) is 9.63. The van der Waals surface area contributed by atoms with E-state index in [2.05, 4.69) is 32.6 Å². The van der Waals surface area contributed by atoms with Crippen molar-refractivity contribution in [3.8, 4) is 0 Å². The molecule has 0 saturated heterocycles. The Hall–Kier alpha value is -0.370. The lowest BCUT2D eigenvalue weighted by Crippen LogP contribution is -2.29. The van der Waals surface area contributed by atoms with Gasteiger partial charge in [0, 0.05) is 13.0 Å². The predicted octanol–water partition coefficient (Wildman–Crippen LogP) is 2.19. The van der Waals surface area contributed by atoms with Crippen molar-refractivity contribution in [3.63, 3.8) is 0 Å². The lowest BCUT2D eigenvalue weighted by Gasteiger charge is -2.18. The quantitative estimate of drug-likeness (QED) is 0.632. The molecule has 0 aromatic heterocycles. The van der Waals surface area contributed by atoms with Crippen LogP contribution in [0.25, 0.3) is 0 Å². The number of carbonyl (C=O) groups excluding carboxylic acids is 1. The zero-order valence-electron chi connectivity index (χ0n) is 9.63. The molecule has 0 radical (unpaired) electrons. The van der Waals surface area contributed by atoms with Gasteiger partial charge in [-0.2, -0.15) is 0 Å². The summed E-state index contributed by atoms with van der Waals surface area (Å²) in [6.07, 6.45) is 0.711. The molecule has 2 nitrogen and oxygen atoms in total. The van der Waals surface area contributed by atoms with Gasteiger partial charge in [0.05, 0.1) is 6.54 Å². The molecule has 78 valence electrons. The monoisotopic (exact) mass is 185 g/mol. The maximum absolute atomic E-state index is 11.4. The number of likely N-dealkylation sites (N-methyl/N-ethyl adjacent to an activating group) is 1. The highest BCUT2D eigenvalue weighted by atomic mass is 16.1. The van der Waals surface area contributed by atoms with Crippen LogP contribution in [-0.4, -0.2) is 30.8 Å². The first-order valence-electron chi connectivity index (χ1n) is 5.12. The van der Waals surface area contributed by atoms with E-state index in [0.717, 1.165) is 6.54 Å². The summed E-state index contributed by atoms with van der Waals surface area (Å²) in [5, 5.41) is 0. The molecule has 0 N–H and O–H groups in total. The van der Waals surface area contributed by atoms with Gasteiger partial charge in [0.1, 0.15) is 5.78 Å². The number of Topliss-reactive ketones (excluding diaryl/α,β-unsaturated/α-hetero) is 1. The summed E-state index contributed by atoms with van der Waals surface area (Å²) < 4.78 is 0. The van der Waals surface area contributed by atoms with Gasteiger partial charge in [0.15, 0.2) is 0 Å². The maximum atomic E-state index is 11.4. The summed E-state index contributed by atoms with van der Waals surface area (Å²) in [7, 11) is 2.01. The molecule has 0 amide bonds. The molecule has 0 fully saturated rings. The van der Waals surface area contributed by atoms with Crippen LogP contribution in [0.15, 0.2) is 0 Å². The van der Waals surface area contributed by atoms with E-state index in [1.807, 2.05) is 7.05 Å². The van der Waals surface area contributed by atoms with Crippen LogP contribution in [0.5, 0.6) is 0 Å². The minimum atomic E-state index is 0.359. The van der Waals surface area contributed by atoms with Crippen LogP contribution in [0.4, 0.5) is 0 Å². The van der Waals surface area contributed by atoms with Crippen molar-refractivity contribution in [2.45, 2.75) is 34.1 Å². The van der Waals surface area contributed by atoms with Crippen LogP contribution in [-0.2, 0) is 4.79 Å². The van der Waals surface area contributed by atoms with Gasteiger partial charge < -0.3 is 0 Å². The van der Waals surface area contributed by atoms with Crippen LogP contribution in [0, 0.1) is 11.8 Å². The Bertz CT molecular complexity index is 152. The molecule has 13 heavy (non-hydrogen) atoms. The Morgan fingerprint density at radius 2 is 1.69 bits per heavy atom. The van der Waals surface area contributed by atoms with Gasteiger partial charge in [-0.05, 0) is 18.9 Å². The molecular weight excluding hydrogens is 162 g/mol. The van der Waals surface area contributed by atoms with Gasteiger partial charge in [0.25, 0.3) is 0 Å².